The van der Waals surface area contributed by atoms with Gasteiger partial charge in [-0.1, -0.05) is 0 Å². The molecule has 4 N–H and O–H groups in total. The van der Waals surface area contributed by atoms with Crippen molar-refractivity contribution in [3.05, 3.63) is 29.3 Å². The van der Waals surface area contributed by atoms with Gasteiger partial charge in [0.05, 0.1) is 22.9 Å². The van der Waals surface area contributed by atoms with Crippen LogP contribution in [0, 0.1) is 18.3 Å². The fourth-order valence-corrected chi connectivity index (χ4v) is 2.84. The molecule has 0 saturated carbocycles. The van der Waals surface area contributed by atoms with Crippen LogP contribution in [0.2, 0.25) is 0 Å². The minimum absolute atomic E-state index is 0.199. The zero-order valence-electron chi connectivity index (χ0n) is 11.0. The summed E-state index contributed by atoms with van der Waals surface area (Å²) in [5, 5.41) is 17.7. The summed E-state index contributed by atoms with van der Waals surface area (Å²) >= 11 is 0. The van der Waals surface area contributed by atoms with Gasteiger partial charge >= 0.3 is 5.97 Å². The smallest absolute Gasteiger partial charge is 0.322 e. The Morgan fingerprint density at radius 3 is 2.52 bits per heavy atom. The maximum atomic E-state index is 12.1. The number of nitrogens with two attached hydrogens (primary N) is 1. The third-order valence-corrected chi connectivity index (χ3v) is 4.10. The van der Waals surface area contributed by atoms with Gasteiger partial charge in [-0.3, -0.25) is 9.59 Å². The molecule has 0 bridgehead atoms. The highest BCUT2D eigenvalue weighted by molar-refractivity contribution is 7.89. The van der Waals surface area contributed by atoms with Gasteiger partial charge in [-0.2, -0.15) is 9.98 Å². The van der Waals surface area contributed by atoms with Gasteiger partial charge in [0.2, 0.25) is 15.9 Å². The van der Waals surface area contributed by atoms with Crippen LogP contribution in [0.1, 0.15) is 17.5 Å². The van der Waals surface area contributed by atoms with Crippen LogP contribution in [0.3, 0.4) is 0 Å². The Kier molecular flexibility index (Phi) is 5.02. The van der Waals surface area contributed by atoms with E-state index in [1.54, 1.807) is 6.92 Å². The molecule has 1 rings (SSSR count). The molecule has 0 unspecified atom stereocenters. The molecule has 112 valence electrons. The number of nitrogens with one attached hydrogen (secondary N) is 1. The number of amides is 1. The summed E-state index contributed by atoms with van der Waals surface area (Å²) in [6.45, 7) is 1.55. The summed E-state index contributed by atoms with van der Waals surface area (Å²) in [4.78, 5) is 21.5. The molecule has 0 heterocycles. The van der Waals surface area contributed by atoms with Crippen LogP contribution in [-0.2, 0) is 19.6 Å². The number of benzene rings is 1. The van der Waals surface area contributed by atoms with E-state index in [0.29, 0.717) is 11.1 Å². The van der Waals surface area contributed by atoms with Gasteiger partial charge in [0, 0.05) is 0 Å². The van der Waals surface area contributed by atoms with Crippen LogP contribution in [0.4, 0.5) is 0 Å². The topological polar surface area (TPSA) is 150 Å². The Bertz CT molecular complexity index is 721. The van der Waals surface area contributed by atoms with E-state index in [-0.39, 0.29) is 4.90 Å². The van der Waals surface area contributed by atoms with E-state index >= 15 is 0 Å². The van der Waals surface area contributed by atoms with E-state index in [1.165, 1.54) is 18.2 Å². The largest absolute Gasteiger partial charge is 0.480 e. The molecule has 1 aromatic rings. The molecule has 0 aliphatic rings. The second-order valence-electron chi connectivity index (χ2n) is 4.27. The fraction of sp³-hybridized carbons (Fsp3) is 0.250. The van der Waals surface area contributed by atoms with Gasteiger partial charge in [0.1, 0.15) is 6.04 Å². The van der Waals surface area contributed by atoms with Crippen molar-refractivity contribution in [1.82, 2.24) is 4.72 Å². The van der Waals surface area contributed by atoms with Crippen LogP contribution in [0.15, 0.2) is 23.1 Å². The van der Waals surface area contributed by atoms with Gasteiger partial charge in [0.15, 0.2) is 0 Å². The van der Waals surface area contributed by atoms with Gasteiger partial charge in [-0.05, 0) is 30.7 Å². The zero-order chi connectivity index (χ0) is 16.2. The van der Waals surface area contributed by atoms with Gasteiger partial charge in [-0.25, -0.2) is 8.42 Å². The standard InChI is InChI=1S/C12H13N3O5S/c1-7-4-9(3-2-8(7)6-13)21(19,20)15-10(12(17)18)5-11(14)16/h2-4,10,15H,5H2,1H3,(H2,14,16)(H,17,18)/t10-/m1/s1. The Morgan fingerprint density at radius 2 is 2.10 bits per heavy atom. The summed E-state index contributed by atoms with van der Waals surface area (Å²) in [6, 6.07) is 3.97. The van der Waals surface area contributed by atoms with Crippen LogP contribution in [0.25, 0.3) is 0 Å². The predicted octanol–water partition coefficient (Wildman–Crippen LogP) is -0.526. The highest BCUT2D eigenvalue weighted by Gasteiger charge is 2.27. The summed E-state index contributed by atoms with van der Waals surface area (Å²) in [6.07, 6.45) is -0.663. The Labute approximate surface area is 121 Å². The summed E-state index contributed by atoms with van der Waals surface area (Å²) in [5.74, 6) is -2.45. The molecule has 1 aromatic carbocycles. The molecular weight excluding hydrogens is 298 g/mol. The molecule has 0 aliphatic heterocycles. The van der Waals surface area contributed by atoms with Crippen molar-refractivity contribution in [3.63, 3.8) is 0 Å². The summed E-state index contributed by atoms with van der Waals surface area (Å²) in [5.41, 5.74) is 5.62. The first-order chi connectivity index (χ1) is 9.67. The number of nitrogens with zero attached hydrogens (tertiary/aromatic N) is 1. The van der Waals surface area contributed by atoms with Crippen molar-refractivity contribution in [3.8, 4) is 6.07 Å². The monoisotopic (exact) mass is 311 g/mol. The summed E-state index contributed by atoms with van der Waals surface area (Å²) < 4.78 is 26.0. The van der Waals surface area contributed by atoms with Crippen molar-refractivity contribution < 1.29 is 23.1 Å². The fourth-order valence-electron chi connectivity index (χ4n) is 1.56. The van der Waals surface area contributed by atoms with Gasteiger partial charge in [0.25, 0.3) is 0 Å². The average molecular weight is 311 g/mol. The number of carboxylic acids is 1. The first kappa shape index (κ1) is 16.6. The third kappa shape index (κ3) is 4.27. The maximum absolute atomic E-state index is 12.1. The SMILES string of the molecule is Cc1cc(S(=O)(=O)N[C@H](CC(N)=O)C(=O)O)ccc1C#N. The van der Waals surface area contributed by atoms with E-state index in [2.05, 4.69) is 0 Å². The minimum atomic E-state index is -4.15. The molecule has 1 atom stereocenters. The molecular formula is C12H13N3O5S. The highest BCUT2D eigenvalue weighted by Crippen LogP contribution is 2.15. The second-order valence-corrected chi connectivity index (χ2v) is 5.99. The molecule has 9 heteroatoms. The number of rotatable bonds is 6. The van der Waals surface area contributed by atoms with Crippen molar-refractivity contribution in [1.29, 1.82) is 5.26 Å². The molecule has 1 amide bonds. The number of sulfonamides is 1. The predicted molar refractivity (Wildman–Crippen MR) is 71.5 cm³/mol. The number of hydrogen-bond donors (Lipinski definition) is 3. The molecule has 0 aromatic heterocycles. The van der Waals surface area contributed by atoms with Crippen LogP contribution in [0.5, 0.6) is 0 Å². The molecule has 0 radical (unpaired) electrons. The van der Waals surface area contributed by atoms with E-state index in [9.17, 15) is 18.0 Å². The number of hydrogen-bond acceptors (Lipinski definition) is 5. The average Bonchev–Trinajstić information content (AvgIpc) is 2.36. The first-order valence-electron chi connectivity index (χ1n) is 5.71. The van der Waals surface area contributed by atoms with Crippen molar-refractivity contribution in [2.75, 3.05) is 0 Å². The van der Waals surface area contributed by atoms with E-state index in [4.69, 9.17) is 16.1 Å². The number of aryl methyl sites for hydroxylation is 1. The Balaban J connectivity index is 3.10. The molecule has 8 nitrogen and oxygen atoms in total. The van der Waals surface area contributed by atoms with Gasteiger partial charge < -0.3 is 10.8 Å². The second kappa shape index (κ2) is 6.34. The Morgan fingerprint density at radius 1 is 1.48 bits per heavy atom. The highest BCUT2D eigenvalue weighted by atomic mass is 32.2. The normalized spacial score (nSPS) is 12.4. The van der Waals surface area contributed by atoms with Crippen molar-refractivity contribution in [2.24, 2.45) is 5.73 Å². The lowest BCUT2D eigenvalue weighted by atomic mass is 10.1. The zero-order valence-corrected chi connectivity index (χ0v) is 11.8. The molecule has 21 heavy (non-hydrogen) atoms. The molecule has 0 fully saturated rings. The lowest BCUT2D eigenvalue weighted by Gasteiger charge is -2.13. The molecule has 0 aliphatic carbocycles. The van der Waals surface area contributed by atoms with Crippen LogP contribution < -0.4 is 10.5 Å². The molecule has 0 saturated heterocycles. The third-order valence-electron chi connectivity index (χ3n) is 2.63. The van der Waals surface area contributed by atoms with E-state index in [1.807, 2.05) is 10.8 Å². The molecule has 0 spiro atoms. The maximum Gasteiger partial charge on any atom is 0.322 e. The number of carbonyl (C=O) groups excluding carboxylic acids is 1. The lowest BCUT2D eigenvalue weighted by molar-refractivity contribution is -0.140. The van der Waals surface area contributed by atoms with Crippen molar-refractivity contribution >= 4 is 21.9 Å². The quantitative estimate of drug-likeness (QED) is 0.642. The van der Waals surface area contributed by atoms with Crippen molar-refractivity contribution in [2.45, 2.75) is 24.3 Å². The lowest BCUT2D eigenvalue weighted by Crippen LogP contribution is -2.43. The number of carbonyl (C=O) groups is 2. The number of nitriles is 1. The van der Waals surface area contributed by atoms with E-state index < -0.39 is 34.4 Å². The van der Waals surface area contributed by atoms with Gasteiger partial charge in [-0.15, -0.1) is 0 Å². The number of carboxylic acid groups (broad SMARTS) is 1. The summed E-state index contributed by atoms with van der Waals surface area (Å²) in [7, 11) is -4.15. The minimum Gasteiger partial charge on any atom is -0.480 e. The van der Waals surface area contributed by atoms with Crippen LogP contribution in [-0.4, -0.2) is 31.4 Å². The first-order valence-corrected chi connectivity index (χ1v) is 7.20. The van der Waals surface area contributed by atoms with Crippen LogP contribution >= 0.6 is 0 Å². The Hall–Kier alpha value is -2.44. The number of primary amides is 1. The number of aliphatic carboxylic acids is 1. The van der Waals surface area contributed by atoms with E-state index in [0.717, 1.165) is 0 Å².